The Labute approximate surface area is 196 Å². The van der Waals surface area contributed by atoms with Gasteiger partial charge < -0.3 is 23.2 Å². The van der Waals surface area contributed by atoms with Crippen LogP contribution in [0.1, 0.15) is 45.4 Å². The maximum Gasteiger partial charge on any atom is 0.343 e. The Hall–Kier alpha value is -4.07. The summed E-state index contributed by atoms with van der Waals surface area (Å²) >= 11 is 0. The summed E-state index contributed by atoms with van der Waals surface area (Å²) in [6, 6.07) is 9.71. The van der Waals surface area contributed by atoms with Gasteiger partial charge in [-0.15, -0.1) is 0 Å². The topological polar surface area (TPSA) is 101 Å². The number of hydrogen-bond donors (Lipinski definition) is 0. The normalized spacial score (nSPS) is 11.0. The average Bonchev–Trinajstić information content (AvgIpc) is 3.14. The number of carbonyl (C=O) groups excluding carboxylic acids is 1. The zero-order chi connectivity index (χ0) is 24.4. The van der Waals surface area contributed by atoms with Crippen molar-refractivity contribution in [3.05, 3.63) is 80.5 Å². The van der Waals surface area contributed by atoms with Crippen molar-refractivity contribution in [2.24, 2.45) is 0 Å². The van der Waals surface area contributed by atoms with Gasteiger partial charge in [-0.2, -0.15) is 0 Å². The summed E-state index contributed by atoms with van der Waals surface area (Å²) < 4.78 is 27.4. The summed E-state index contributed by atoms with van der Waals surface area (Å²) in [5.74, 6) is 1.31. The quantitative estimate of drug-likeness (QED) is 0.213. The maximum absolute atomic E-state index is 12.9. The molecule has 4 aromatic rings. The Morgan fingerprint density at radius 3 is 2.50 bits per heavy atom. The summed E-state index contributed by atoms with van der Waals surface area (Å²) in [5.41, 5.74) is 3.43. The molecule has 34 heavy (non-hydrogen) atoms. The minimum atomic E-state index is -0.570. The average molecular weight is 463 g/mol. The van der Waals surface area contributed by atoms with Crippen molar-refractivity contribution in [1.29, 1.82) is 0 Å². The van der Waals surface area contributed by atoms with Gasteiger partial charge in [-0.05, 0) is 62.6 Å². The number of methoxy groups -OCH3 is 1. The molecule has 0 atom stereocenters. The van der Waals surface area contributed by atoms with Crippen LogP contribution in [0.4, 0.5) is 0 Å². The van der Waals surface area contributed by atoms with Gasteiger partial charge in [0.25, 0.3) is 0 Å². The van der Waals surface area contributed by atoms with Gasteiger partial charge >= 0.3 is 11.6 Å². The number of hydrogen-bond acceptors (Lipinski definition) is 8. The minimum Gasteiger partial charge on any atom is -0.493 e. The Kier molecular flexibility index (Phi) is 6.40. The third-order valence-electron chi connectivity index (χ3n) is 5.67. The number of nitrogens with zero attached hydrogens (tertiary/aromatic N) is 1. The maximum atomic E-state index is 12.9. The SMILES string of the molecule is CCc1cc2c(C)cc(=O)oc2cc1OC(=O)c1ccc(OCc2c(C)noc2C)c(OC)c1. The molecule has 0 amide bonds. The van der Waals surface area contributed by atoms with Gasteiger partial charge in [0, 0.05) is 17.5 Å². The lowest BCUT2D eigenvalue weighted by Gasteiger charge is -2.13. The highest BCUT2D eigenvalue weighted by Crippen LogP contribution is 2.32. The van der Waals surface area contributed by atoms with Gasteiger partial charge in [0.1, 0.15) is 23.7 Å². The lowest BCUT2D eigenvalue weighted by molar-refractivity contribution is 0.0733. The molecule has 8 nitrogen and oxygen atoms in total. The number of esters is 1. The van der Waals surface area contributed by atoms with E-state index in [1.165, 1.54) is 13.2 Å². The van der Waals surface area contributed by atoms with Crippen LogP contribution in [0.3, 0.4) is 0 Å². The molecule has 0 N–H and O–H groups in total. The Morgan fingerprint density at radius 1 is 1.03 bits per heavy atom. The molecule has 0 radical (unpaired) electrons. The molecule has 0 saturated carbocycles. The van der Waals surface area contributed by atoms with E-state index >= 15 is 0 Å². The first kappa shape index (κ1) is 23.1. The van der Waals surface area contributed by atoms with E-state index in [0.717, 1.165) is 27.8 Å². The monoisotopic (exact) mass is 463 g/mol. The minimum absolute atomic E-state index is 0.253. The van der Waals surface area contributed by atoms with Crippen LogP contribution in [0.5, 0.6) is 17.2 Å². The van der Waals surface area contributed by atoms with E-state index in [1.54, 1.807) is 24.3 Å². The molecular formula is C26H25NO7. The van der Waals surface area contributed by atoms with E-state index in [0.29, 0.717) is 35.0 Å². The molecule has 0 bridgehead atoms. The highest BCUT2D eigenvalue weighted by molar-refractivity contribution is 5.93. The molecule has 2 aromatic heterocycles. The molecule has 176 valence electrons. The number of aryl methyl sites for hydroxylation is 4. The van der Waals surface area contributed by atoms with E-state index in [4.69, 9.17) is 23.2 Å². The van der Waals surface area contributed by atoms with Gasteiger partial charge in [-0.3, -0.25) is 0 Å². The van der Waals surface area contributed by atoms with Crippen LogP contribution >= 0.6 is 0 Å². The molecule has 0 aliphatic heterocycles. The van der Waals surface area contributed by atoms with E-state index in [-0.39, 0.29) is 12.2 Å². The van der Waals surface area contributed by atoms with Crippen LogP contribution in [0, 0.1) is 20.8 Å². The smallest absolute Gasteiger partial charge is 0.343 e. The Balaban J connectivity index is 1.58. The predicted molar refractivity (Wildman–Crippen MR) is 125 cm³/mol. The van der Waals surface area contributed by atoms with Crippen molar-refractivity contribution >= 4 is 16.9 Å². The fourth-order valence-corrected chi connectivity index (χ4v) is 3.69. The third-order valence-corrected chi connectivity index (χ3v) is 5.67. The molecule has 0 unspecified atom stereocenters. The summed E-state index contributed by atoms with van der Waals surface area (Å²) in [6.07, 6.45) is 0.634. The van der Waals surface area contributed by atoms with Gasteiger partial charge in [0.05, 0.1) is 23.9 Å². The number of carbonyl (C=O) groups is 1. The van der Waals surface area contributed by atoms with Gasteiger partial charge in [0.15, 0.2) is 11.5 Å². The summed E-state index contributed by atoms with van der Waals surface area (Å²) in [5, 5.41) is 4.72. The summed E-state index contributed by atoms with van der Waals surface area (Å²) in [4.78, 5) is 24.7. The Morgan fingerprint density at radius 2 is 1.82 bits per heavy atom. The van der Waals surface area contributed by atoms with Crippen LogP contribution in [0.15, 0.2) is 50.1 Å². The molecule has 0 saturated heterocycles. The van der Waals surface area contributed by atoms with Crippen LogP contribution in [0.25, 0.3) is 11.0 Å². The largest absolute Gasteiger partial charge is 0.493 e. The molecule has 0 aliphatic rings. The number of fused-ring (bicyclic) bond motifs is 1. The van der Waals surface area contributed by atoms with E-state index in [9.17, 15) is 9.59 Å². The molecule has 2 aromatic carbocycles. The molecule has 0 fully saturated rings. The van der Waals surface area contributed by atoms with Gasteiger partial charge in [0.2, 0.25) is 0 Å². The predicted octanol–water partition coefficient (Wildman–Crippen LogP) is 5.08. The first-order valence-corrected chi connectivity index (χ1v) is 10.8. The van der Waals surface area contributed by atoms with Crippen molar-refractivity contribution in [1.82, 2.24) is 5.16 Å². The lowest BCUT2D eigenvalue weighted by atomic mass is 10.1. The van der Waals surface area contributed by atoms with Crippen LogP contribution in [0.2, 0.25) is 0 Å². The van der Waals surface area contributed by atoms with E-state index in [1.807, 2.05) is 33.8 Å². The highest BCUT2D eigenvalue weighted by atomic mass is 16.5. The highest BCUT2D eigenvalue weighted by Gasteiger charge is 2.18. The van der Waals surface area contributed by atoms with E-state index < -0.39 is 11.6 Å². The van der Waals surface area contributed by atoms with Crippen LogP contribution in [-0.4, -0.2) is 18.2 Å². The first-order valence-electron chi connectivity index (χ1n) is 10.8. The molecule has 2 heterocycles. The molecule has 4 rings (SSSR count). The van der Waals surface area contributed by atoms with Crippen molar-refractivity contribution < 1.29 is 27.9 Å². The fraction of sp³-hybridized carbons (Fsp3) is 0.269. The molecule has 0 spiro atoms. The van der Waals surface area contributed by atoms with E-state index in [2.05, 4.69) is 5.16 Å². The second-order valence-electron chi connectivity index (χ2n) is 7.90. The lowest BCUT2D eigenvalue weighted by Crippen LogP contribution is -2.11. The second-order valence-corrected chi connectivity index (χ2v) is 7.90. The zero-order valence-corrected chi connectivity index (χ0v) is 19.7. The van der Waals surface area contributed by atoms with Crippen LogP contribution < -0.4 is 19.8 Å². The van der Waals surface area contributed by atoms with Crippen molar-refractivity contribution in [3.8, 4) is 17.2 Å². The molecule has 8 heteroatoms. The fourth-order valence-electron chi connectivity index (χ4n) is 3.69. The zero-order valence-electron chi connectivity index (χ0n) is 19.7. The number of benzene rings is 2. The summed E-state index contributed by atoms with van der Waals surface area (Å²) in [7, 11) is 1.50. The van der Waals surface area contributed by atoms with Crippen molar-refractivity contribution in [3.63, 3.8) is 0 Å². The van der Waals surface area contributed by atoms with Crippen molar-refractivity contribution in [2.45, 2.75) is 40.7 Å². The number of aromatic nitrogens is 1. The molecular weight excluding hydrogens is 438 g/mol. The third kappa shape index (κ3) is 4.52. The second kappa shape index (κ2) is 9.43. The number of ether oxygens (including phenoxy) is 3. The van der Waals surface area contributed by atoms with Gasteiger partial charge in [-0.25, -0.2) is 9.59 Å². The Bertz CT molecular complexity index is 1410. The number of rotatable bonds is 7. The van der Waals surface area contributed by atoms with Gasteiger partial charge in [-0.1, -0.05) is 12.1 Å². The summed E-state index contributed by atoms with van der Waals surface area (Å²) in [6.45, 7) is 7.71. The first-order chi connectivity index (χ1) is 16.3. The van der Waals surface area contributed by atoms with Crippen LogP contribution in [-0.2, 0) is 13.0 Å². The molecule has 0 aliphatic carbocycles. The van der Waals surface area contributed by atoms with Crippen molar-refractivity contribution in [2.75, 3.05) is 7.11 Å². The standard InChI is InChI=1S/C26H25NO7/c1-6-17-10-19-14(2)9-25(28)32-23(19)12-22(17)33-26(29)18-7-8-21(24(11-18)30-5)31-13-20-15(3)27-34-16(20)4/h7-12H,6,13H2,1-5H3.